The zero-order valence-electron chi connectivity index (χ0n) is 13.4. The first-order valence-electron chi connectivity index (χ1n) is 8.12. The molecule has 1 saturated heterocycles. The number of quaternary nitrogens is 1. The van der Waals surface area contributed by atoms with Crippen LogP contribution >= 0.6 is 0 Å². The Morgan fingerprint density at radius 2 is 2.09 bits per heavy atom. The van der Waals surface area contributed by atoms with Crippen molar-refractivity contribution >= 4 is 5.91 Å². The van der Waals surface area contributed by atoms with E-state index >= 15 is 0 Å². The summed E-state index contributed by atoms with van der Waals surface area (Å²) in [6.45, 7) is 5.03. The smallest absolute Gasteiger partial charge is 0.216 e. The lowest BCUT2D eigenvalue weighted by molar-refractivity contribution is -1.12. The SMILES string of the molecule is CC(=O)NCCCOc1cccc(C[N+]2(O)CCCCC2)c1. The van der Waals surface area contributed by atoms with E-state index in [0.717, 1.165) is 43.7 Å². The number of amides is 1. The normalized spacial score (nSPS) is 17.0. The minimum atomic E-state index is -0.0134. The molecule has 5 nitrogen and oxygen atoms in total. The van der Waals surface area contributed by atoms with Gasteiger partial charge in [0, 0.05) is 19.0 Å². The predicted octanol–water partition coefficient (Wildman–Crippen LogP) is 2.48. The van der Waals surface area contributed by atoms with Crippen molar-refractivity contribution in [3.8, 4) is 5.75 Å². The Hall–Kier alpha value is -1.59. The lowest BCUT2D eigenvalue weighted by Crippen LogP contribution is -2.47. The summed E-state index contributed by atoms with van der Waals surface area (Å²) < 4.78 is 5.86. The molecule has 2 rings (SSSR count). The van der Waals surface area contributed by atoms with Crippen molar-refractivity contribution in [2.75, 3.05) is 26.2 Å². The third-order valence-corrected chi connectivity index (χ3v) is 3.99. The summed E-state index contributed by atoms with van der Waals surface area (Å²) in [6.07, 6.45) is 4.19. The Morgan fingerprint density at radius 1 is 1.32 bits per heavy atom. The van der Waals surface area contributed by atoms with Gasteiger partial charge in [0.25, 0.3) is 0 Å². The molecule has 0 aromatic heterocycles. The maximum Gasteiger partial charge on any atom is 0.216 e. The van der Waals surface area contributed by atoms with Crippen molar-refractivity contribution in [3.05, 3.63) is 29.8 Å². The van der Waals surface area contributed by atoms with E-state index in [-0.39, 0.29) is 10.6 Å². The highest BCUT2D eigenvalue weighted by molar-refractivity contribution is 5.72. The lowest BCUT2D eigenvalue weighted by atomic mass is 10.1. The van der Waals surface area contributed by atoms with Gasteiger partial charge in [0.2, 0.25) is 5.91 Å². The minimum absolute atomic E-state index is 0.0134. The van der Waals surface area contributed by atoms with Gasteiger partial charge in [-0.05, 0) is 37.8 Å². The summed E-state index contributed by atoms with van der Waals surface area (Å²) in [4.78, 5) is 10.8. The molecule has 1 heterocycles. The van der Waals surface area contributed by atoms with Crippen molar-refractivity contribution in [2.24, 2.45) is 0 Å². The fourth-order valence-electron chi connectivity index (χ4n) is 2.86. The van der Waals surface area contributed by atoms with Crippen LogP contribution in [0.3, 0.4) is 0 Å². The number of benzene rings is 1. The van der Waals surface area contributed by atoms with Gasteiger partial charge in [0.15, 0.2) is 0 Å². The molecule has 0 radical (unpaired) electrons. The molecule has 1 aromatic rings. The van der Waals surface area contributed by atoms with Crippen LogP contribution in [0.5, 0.6) is 5.75 Å². The lowest BCUT2D eigenvalue weighted by Gasteiger charge is -2.33. The fraction of sp³-hybridized carbons (Fsp3) is 0.588. The zero-order valence-corrected chi connectivity index (χ0v) is 13.4. The van der Waals surface area contributed by atoms with Gasteiger partial charge >= 0.3 is 0 Å². The maximum atomic E-state index is 10.8. The monoisotopic (exact) mass is 307 g/mol. The molecule has 1 aliphatic heterocycles. The number of carbonyl (C=O) groups is 1. The molecule has 0 aliphatic carbocycles. The average Bonchev–Trinajstić information content (AvgIpc) is 2.47. The number of rotatable bonds is 7. The molecule has 1 aromatic carbocycles. The van der Waals surface area contributed by atoms with Gasteiger partial charge < -0.3 is 10.1 Å². The number of hydroxylamine groups is 3. The summed E-state index contributed by atoms with van der Waals surface area (Å²) in [5, 5.41) is 13.3. The summed E-state index contributed by atoms with van der Waals surface area (Å²) >= 11 is 0. The van der Waals surface area contributed by atoms with Crippen LogP contribution in [0.2, 0.25) is 0 Å². The first kappa shape index (κ1) is 16.8. The van der Waals surface area contributed by atoms with Crippen molar-refractivity contribution in [1.29, 1.82) is 0 Å². The van der Waals surface area contributed by atoms with Crippen LogP contribution in [-0.2, 0) is 11.3 Å². The van der Waals surface area contributed by atoms with Crippen LogP contribution in [0.25, 0.3) is 0 Å². The van der Waals surface area contributed by atoms with Gasteiger partial charge in [0.1, 0.15) is 25.4 Å². The Morgan fingerprint density at radius 3 is 2.82 bits per heavy atom. The third-order valence-electron chi connectivity index (χ3n) is 3.99. The van der Waals surface area contributed by atoms with Crippen molar-refractivity contribution < 1.29 is 19.4 Å². The highest BCUT2D eigenvalue weighted by Gasteiger charge is 2.28. The second-order valence-electron chi connectivity index (χ2n) is 6.09. The van der Waals surface area contributed by atoms with Crippen LogP contribution in [0, 0.1) is 0 Å². The molecular formula is C17H27N2O3+. The topological polar surface area (TPSA) is 58.6 Å². The van der Waals surface area contributed by atoms with Crippen LogP contribution in [0.15, 0.2) is 24.3 Å². The number of hydrogen-bond donors (Lipinski definition) is 2. The van der Waals surface area contributed by atoms with Gasteiger partial charge in [-0.15, -0.1) is 0 Å². The first-order chi connectivity index (χ1) is 10.6. The van der Waals surface area contributed by atoms with E-state index in [1.165, 1.54) is 13.3 Å². The fourth-order valence-corrected chi connectivity index (χ4v) is 2.86. The van der Waals surface area contributed by atoms with Gasteiger partial charge in [0.05, 0.1) is 6.61 Å². The maximum absolute atomic E-state index is 10.8. The molecule has 122 valence electrons. The standard InChI is InChI=1S/C17H26N2O3/c1-15(20)18-9-6-12-22-17-8-5-7-16(13-17)14-19(21)10-3-2-4-11-19/h5,7-8,13,21H,2-4,6,9-12,14H2,1H3/p+1. The molecule has 0 bridgehead atoms. The van der Waals surface area contributed by atoms with Gasteiger partial charge in [-0.2, -0.15) is 4.65 Å². The molecule has 0 unspecified atom stereocenters. The Balaban J connectivity index is 1.80. The van der Waals surface area contributed by atoms with E-state index in [2.05, 4.69) is 5.32 Å². The van der Waals surface area contributed by atoms with E-state index in [1.54, 1.807) is 0 Å². The van der Waals surface area contributed by atoms with Crippen molar-refractivity contribution in [1.82, 2.24) is 5.32 Å². The Labute approximate surface area is 132 Å². The molecule has 1 aliphatic rings. The number of ether oxygens (including phenoxy) is 1. The molecule has 22 heavy (non-hydrogen) atoms. The average molecular weight is 307 g/mol. The minimum Gasteiger partial charge on any atom is -0.494 e. The van der Waals surface area contributed by atoms with Crippen LogP contribution < -0.4 is 10.1 Å². The number of piperidine rings is 1. The van der Waals surface area contributed by atoms with Crippen molar-refractivity contribution in [3.63, 3.8) is 0 Å². The highest BCUT2D eigenvalue weighted by atomic mass is 16.5. The van der Waals surface area contributed by atoms with Gasteiger partial charge in [-0.1, -0.05) is 12.1 Å². The summed E-state index contributed by atoms with van der Waals surface area (Å²) in [5.41, 5.74) is 1.10. The number of carbonyl (C=O) groups excluding carboxylic acids is 1. The van der Waals surface area contributed by atoms with Crippen LogP contribution in [0.4, 0.5) is 0 Å². The number of likely N-dealkylation sites (tertiary alicyclic amines) is 1. The van der Waals surface area contributed by atoms with Crippen molar-refractivity contribution in [2.45, 2.75) is 39.2 Å². The molecule has 2 N–H and O–H groups in total. The molecule has 0 atom stereocenters. The molecule has 0 saturated carbocycles. The Bertz CT molecular complexity index is 485. The van der Waals surface area contributed by atoms with Crippen LogP contribution in [-0.4, -0.2) is 42.0 Å². The second-order valence-corrected chi connectivity index (χ2v) is 6.09. The number of hydrogen-bond acceptors (Lipinski definition) is 3. The Kier molecular flexibility index (Phi) is 6.21. The van der Waals surface area contributed by atoms with Gasteiger partial charge in [-0.25, -0.2) is 5.21 Å². The number of nitrogens with zero attached hydrogens (tertiary/aromatic N) is 1. The molecule has 0 spiro atoms. The second kappa shape index (κ2) is 8.15. The molecular weight excluding hydrogens is 280 g/mol. The molecule has 1 fully saturated rings. The first-order valence-corrected chi connectivity index (χ1v) is 8.12. The summed E-state index contributed by atoms with van der Waals surface area (Å²) in [6, 6.07) is 7.94. The summed E-state index contributed by atoms with van der Waals surface area (Å²) in [7, 11) is 0. The molecule has 5 heteroatoms. The van der Waals surface area contributed by atoms with Crippen LogP contribution in [0.1, 0.15) is 38.2 Å². The molecule has 1 amide bonds. The largest absolute Gasteiger partial charge is 0.494 e. The third kappa shape index (κ3) is 5.66. The van der Waals surface area contributed by atoms with E-state index in [1.807, 2.05) is 24.3 Å². The highest BCUT2D eigenvalue weighted by Crippen LogP contribution is 2.22. The predicted molar refractivity (Wildman–Crippen MR) is 84.6 cm³/mol. The van der Waals surface area contributed by atoms with E-state index in [4.69, 9.17) is 4.74 Å². The number of nitrogens with one attached hydrogen (secondary N) is 1. The van der Waals surface area contributed by atoms with E-state index in [9.17, 15) is 10.0 Å². The van der Waals surface area contributed by atoms with Gasteiger partial charge in [-0.3, -0.25) is 4.79 Å². The quantitative estimate of drug-likeness (QED) is 0.601. The summed E-state index contributed by atoms with van der Waals surface area (Å²) in [5.74, 6) is 0.810. The van der Waals surface area contributed by atoms with E-state index < -0.39 is 0 Å². The zero-order chi connectivity index (χ0) is 15.8. The van der Waals surface area contributed by atoms with E-state index in [0.29, 0.717) is 19.7 Å².